The summed E-state index contributed by atoms with van der Waals surface area (Å²) in [6, 6.07) is 0. The topological polar surface area (TPSA) is 17.1 Å². The summed E-state index contributed by atoms with van der Waals surface area (Å²) in [5.74, 6) is 5.09. The summed E-state index contributed by atoms with van der Waals surface area (Å²) in [7, 11) is 0. The third-order valence-electron chi connectivity index (χ3n) is 1.71. The van der Waals surface area contributed by atoms with E-state index in [4.69, 9.17) is 0 Å². The minimum atomic E-state index is 0.257. The van der Waals surface area contributed by atoms with E-state index in [0.717, 1.165) is 23.0 Å². The molecule has 0 radical (unpaired) electrons. The van der Waals surface area contributed by atoms with Crippen molar-refractivity contribution in [3.8, 4) is 0 Å². The normalized spacial score (nSPS) is 26.7. The molecule has 0 aromatic rings. The second-order valence-electron chi connectivity index (χ2n) is 2.55. The third-order valence-corrected chi connectivity index (χ3v) is 7.76. The molecular weight excluding hydrogens is 228 g/mol. The first-order valence-electron chi connectivity index (χ1n) is 3.88. The van der Waals surface area contributed by atoms with Crippen LogP contribution in [0.3, 0.4) is 0 Å². The first kappa shape index (κ1) is 9.62. The van der Waals surface area contributed by atoms with Gasteiger partial charge in [0.1, 0.15) is 9.16 Å². The average Bonchev–Trinajstić information content (AvgIpc) is 2.77. The van der Waals surface area contributed by atoms with Crippen LogP contribution in [-0.4, -0.2) is 38.0 Å². The van der Waals surface area contributed by atoms with Crippen molar-refractivity contribution in [2.24, 2.45) is 0 Å². The maximum Gasteiger partial charge on any atom is 0.178 e. The van der Waals surface area contributed by atoms with Gasteiger partial charge in [-0.3, -0.25) is 4.79 Å². The first-order chi connectivity index (χ1) is 5.88. The zero-order valence-electron chi connectivity index (χ0n) is 6.52. The molecule has 12 heavy (non-hydrogen) atoms. The molecule has 0 aliphatic carbocycles. The smallest absolute Gasteiger partial charge is 0.178 e. The van der Waals surface area contributed by atoms with Gasteiger partial charge < -0.3 is 0 Å². The minimum absolute atomic E-state index is 0.257. The Morgan fingerprint density at radius 2 is 1.17 bits per heavy atom. The lowest BCUT2D eigenvalue weighted by atomic mass is 10.5. The molecule has 1 nitrogen and oxygen atoms in total. The number of carbonyl (C=O) groups excluding carboxylic acids is 1. The Bertz CT molecular complexity index is 154. The minimum Gasteiger partial charge on any atom is -0.295 e. The molecule has 5 heteroatoms. The molecule has 0 N–H and O–H groups in total. The number of carbonyl (C=O) groups is 1. The van der Waals surface area contributed by atoms with Crippen LogP contribution in [0, 0.1) is 0 Å². The highest BCUT2D eigenvalue weighted by Crippen LogP contribution is 2.40. The maximum absolute atomic E-state index is 11.8. The molecule has 0 spiro atoms. The standard InChI is InChI=1S/C7H10OS4/c8-5(6-9-1-2-10-6)7-11-3-4-12-7/h6-7H,1-4H2. The Kier molecular flexibility index (Phi) is 3.63. The van der Waals surface area contributed by atoms with Crippen molar-refractivity contribution in [2.45, 2.75) is 9.16 Å². The van der Waals surface area contributed by atoms with Gasteiger partial charge in [-0.05, 0) is 0 Å². The second kappa shape index (κ2) is 4.53. The van der Waals surface area contributed by atoms with Gasteiger partial charge in [0.15, 0.2) is 5.78 Å². The Morgan fingerprint density at radius 1 is 0.833 bits per heavy atom. The fourth-order valence-electron chi connectivity index (χ4n) is 1.16. The Hall–Kier alpha value is 1.07. The Morgan fingerprint density at radius 3 is 1.50 bits per heavy atom. The van der Waals surface area contributed by atoms with Crippen molar-refractivity contribution in [1.82, 2.24) is 0 Å². The average molecular weight is 238 g/mol. The molecule has 2 fully saturated rings. The summed E-state index contributed by atoms with van der Waals surface area (Å²) >= 11 is 7.30. The molecule has 0 bridgehead atoms. The highest BCUT2D eigenvalue weighted by atomic mass is 32.2. The summed E-state index contributed by atoms with van der Waals surface area (Å²) in [4.78, 5) is 11.8. The molecule has 0 saturated carbocycles. The predicted octanol–water partition coefficient (Wildman–Crippen LogP) is 2.17. The zero-order chi connectivity index (χ0) is 8.39. The second-order valence-corrected chi connectivity index (χ2v) is 8.00. The van der Waals surface area contributed by atoms with Gasteiger partial charge in [0.05, 0.1) is 0 Å². The van der Waals surface area contributed by atoms with Crippen molar-refractivity contribution in [3.05, 3.63) is 0 Å². The van der Waals surface area contributed by atoms with Crippen molar-refractivity contribution >= 4 is 52.8 Å². The van der Waals surface area contributed by atoms with Crippen LogP contribution in [0.1, 0.15) is 0 Å². The van der Waals surface area contributed by atoms with Crippen LogP contribution in [-0.2, 0) is 4.79 Å². The van der Waals surface area contributed by atoms with Crippen LogP contribution in [0.15, 0.2) is 0 Å². The maximum atomic E-state index is 11.8. The van der Waals surface area contributed by atoms with Crippen LogP contribution in [0.4, 0.5) is 0 Å². The van der Waals surface area contributed by atoms with E-state index < -0.39 is 0 Å². The van der Waals surface area contributed by atoms with Crippen LogP contribution in [0.2, 0.25) is 0 Å². The SMILES string of the molecule is O=C(C1SCCS1)C1SCCS1. The molecule has 0 aromatic heterocycles. The quantitative estimate of drug-likeness (QED) is 0.731. The zero-order valence-corrected chi connectivity index (χ0v) is 9.79. The predicted molar refractivity (Wildman–Crippen MR) is 62.4 cm³/mol. The Balaban J connectivity index is 1.89. The molecule has 0 aromatic carbocycles. The highest BCUT2D eigenvalue weighted by Gasteiger charge is 2.32. The van der Waals surface area contributed by atoms with Gasteiger partial charge in [0.25, 0.3) is 0 Å². The molecule has 68 valence electrons. The van der Waals surface area contributed by atoms with E-state index >= 15 is 0 Å². The fraction of sp³-hybridized carbons (Fsp3) is 0.857. The van der Waals surface area contributed by atoms with Crippen LogP contribution in [0.5, 0.6) is 0 Å². The van der Waals surface area contributed by atoms with Gasteiger partial charge in [-0.15, -0.1) is 47.0 Å². The molecular formula is C7H10OS4. The molecule has 2 rings (SSSR count). The van der Waals surface area contributed by atoms with Crippen LogP contribution in [0.25, 0.3) is 0 Å². The molecule has 0 atom stereocenters. The number of hydrogen-bond donors (Lipinski definition) is 0. The molecule has 2 aliphatic heterocycles. The summed E-state index contributed by atoms with van der Waals surface area (Å²) in [6.45, 7) is 0. The van der Waals surface area contributed by atoms with Crippen molar-refractivity contribution in [1.29, 1.82) is 0 Å². The lowest BCUT2D eigenvalue weighted by Crippen LogP contribution is -2.20. The number of Topliss-reactive ketones (excluding diaryl/α,β-unsaturated/α-hetero) is 1. The van der Waals surface area contributed by atoms with Crippen molar-refractivity contribution < 1.29 is 4.79 Å². The summed E-state index contributed by atoms with van der Waals surface area (Å²) < 4.78 is 0.515. The summed E-state index contributed by atoms with van der Waals surface area (Å²) in [6.07, 6.45) is 0. The Labute approximate surface area is 89.6 Å². The van der Waals surface area contributed by atoms with Crippen LogP contribution >= 0.6 is 47.0 Å². The van der Waals surface area contributed by atoms with Gasteiger partial charge in [-0.1, -0.05) is 0 Å². The van der Waals surface area contributed by atoms with E-state index in [0.29, 0.717) is 5.78 Å². The number of thioether (sulfide) groups is 4. The molecule has 0 amide bonds. The van der Waals surface area contributed by atoms with Gasteiger partial charge >= 0.3 is 0 Å². The van der Waals surface area contributed by atoms with E-state index in [1.807, 2.05) is 47.0 Å². The van der Waals surface area contributed by atoms with E-state index in [-0.39, 0.29) is 9.16 Å². The highest BCUT2D eigenvalue weighted by molar-refractivity contribution is 8.23. The lowest BCUT2D eigenvalue weighted by molar-refractivity contribution is -0.115. The molecule has 2 aliphatic rings. The first-order valence-corrected chi connectivity index (χ1v) is 8.07. The van der Waals surface area contributed by atoms with E-state index in [1.165, 1.54) is 0 Å². The lowest BCUT2D eigenvalue weighted by Gasteiger charge is -2.10. The monoisotopic (exact) mass is 238 g/mol. The largest absolute Gasteiger partial charge is 0.295 e. The number of ketones is 1. The van der Waals surface area contributed by atoms with Gasteiger partial charge in [0, 0.05) is 23.0 Å². The summed E-state index contributed by atoms with van der Waals surface area (Å²) in [5.41, 5.74) is 0. The van der Waals surface area contributed by atoms with Crippen molar-refractivity contribution in [2.75, 3.05) is 23.0 Å². The molecule has 0 unspecified atom stereocenters. The molecule has 2 heterocycles. The van der Waals surface area contributed by atoms with Gasteiger partial charge in [-0.25, -0.2) is 0 Å². The molecule has 2 saturated heterocycles. The van der Waals surface area contributed by atoms with E-state index in [1.54, 1.807) is 0 Å². The number of rotatable bonds is 2. The van der Waals surface area contributed by atoms with E-state index in [9.17, 15) is 4.79 Å². The van der Waals surface area contributed by atoms with E-state index in [2.05, 4.69) is 0 Å². The summed E-state index contributed by atoms with van der Waals surface area (Å²) in [5, 5.41) is 0. The van der Waals surface area contributed by atoms with Gasteiger partial charge in [0.2, 0.25) is 0 Å². The fourth-order valence-corrected chi connectivity index (χ4v) is 7.02. The third kappa shape index (κ3) is 2.11. The van der Waals surface area contributed by atoms with Gasteiger partial charge in [-0.2, -0.15) is 0 Å². The van der Waals surface area contributed by atoms with Crippen LogP contribution < -0.4 is 0 Å². The number of hydrogen-bond acceptors (Lipinski definition) is 5. The van der Waals surface area contributed by atoms with Crippen molar-refractivity contribution in [3.63, 3.8) is 0 Å².